The van der Waals surface area contributed by atoms with Crippen molar-refractivity contribution in [2.75, 3.05) is 32.5 Å². The predicted octanol–water partition coefficient (Wildman–Crippen LogP) is 8.39. The minimum atomic E-state index is -1.01. The van der Waals surface area contributed by atoms with Gasteiger partial charge in [-0.15, -0.1) is 0 Å². The molecule has 8 rings (SSSR count). The lowest BCUT2D eigenvalue weighted by Crippen LogP contribution is -2.49. The number of anilines is 1. The first-order valence-electron chi connectivity index (χ1n) is 21.3. The lowest BCUT2D eigenvalue weighted by Gasteiger charge is -2.31. The van der Waals surface area contributed by atoms with Crippen LogP contribution in [-0.2, 0) is 19.1 Å². The molecule has 13 nitrogen and oxygen atoms in total. The van der Waals surface area contributed by atoms with Crippen LogP contribution in [0.3, 0.4) is 0 Å². The molecule has 4 heterocycles. The Balaban J connectivity index is 0.928. The summed E-state index contributed by atoms with van der Waals surface area (Å²) in [6.07, 6.45) is 4.06. The van der Waals surface area contributed by atoms with Crippen LogP contribution in [0.2, 0.25) is 0 Å². The quantitative estimate of drug-likeness (QED) is 0.102. The molecule has 13 heteroatoms. The zero-order valence-electron chi connectivity index (χ0n) is 35.9. The highest BCUT2D eigenvalue weighted by Crippen LogP contribution is 2.36. The van der Waals surface area contributed by atoms with Crippen LogP contribution in [0.5, 0.6) is 0 Å². The summed E-state index contributed by atoms with van der Waals surface area (Å²) in [5.41, 5.74) is 6.14. The van der Waals surface area contributed by atoms with Crippen LogP contribution in [0.25, 0.3) is 33.4 Å². The van der Waals surface area contributed by atoms with Crippen molar-refractivity contribution in [3.05, 3.63) is 132 Å². The summed E-state index contributed by atoms with van der Waals surface area (Å²) in [6, 6.07) is 32.7. The van der Waals surface area contributed by atoms with Crippen molar-refractivity contribution >= 4 is 40.4 Å². The minimum absolute atomic E-state index is 0.0783. The molecule has 2 fully saturated rings. The second kappa shape index (κ2) is 17.7. The van der Waals surface area contributed by atoms with Gasteiger partial charge in [-0.2, -0.15) is 0 Å². The molecule has 0 spiro atoms. The Morgan fingerprint density at radius 1 is 0.758 bits per heavy atom. The third-order valence-corrected chi connectivity index (χ3v) is 11.6. The van der Waals surface area contributed by atoms with Crippen molar-refractivity contribution in [3.8, 4) is 22.5 Å². The number of nitrogens with zero attached hydrogens (tertiary/aromatic N) is 4. The molecule has 2 saturated heterocycles. The van der Waals surface area contributed by atoms with Gasteiger partial charge < -0.3 is 35.1 Å². The van der Waals surface area contributed by atoms with E-state index < -0.39 is 23.8 Å². The highest BCUT2D eigenvalue weighted by molar-refractivity contribution is 6.00. The number of aromatic nitrogens is 3. The highest BCUT2D eigenvalue weighted by Gasteiger charge is 2.39. The van der Waals surface area contributed by atoms with E-state index in [1.807, 2.05) is 84.7 Å². The molecule has 6 aromatic rings. The van der Waals surface area contributed by atoms with Crippen molar-refractivity contribution in [3.63, 3.8) is 0 Å². The Labute approximate surface area is 361 Å². The first kappa shape index (κ1) is 42.0. The number of hydrogen-bond donors (Lipinski definition) is 4. The lowest BCUT2D eigenvalue weighted by atomic mass is 10.0. The number of rotatable bonds is 11. The third-order valence-electron chi connectivity index (χ3n) is 11.6. The number of fused-ring (bicyclic) bond motifs is 1. The van der Waals surface area contributed by atoms with E-state index in [0.717, 1.165) is 57.6 Å². The summed E-state index contributed by atoms with van der Waals surface area (Å²) in [4.78, 5) is 71.9. The van der Waals surface area contributed by atoms with Crippen LogP contribution >= 0.6 is 0 Å². The zero-order valence-corrected chi connectivity index (χ0v) is 35.9. The average Bonchev–Trinajstić information content (AvgIpc) is 4.09. The predicted molar refractivity (Wildman–Crippen MR) is 240 cm³/mol. The van der Waals surface area contributed by atoms with Gasteiger partial charge in [-0.3, -0.25) is 19.3 Å². The fraction of sp³-hybridized carbons (Fsp3) is 0.327. The maximum Gasteiger partial charge on any atom is 0.408 e. The van der Waals surface area contributed by atoms with Gasteiger partial charge in [-0.05, 0) is 107 Å². The molecule has 0 unspecified atom stereocenters. The van der Waals surface area contributed by atoms with Gasteiger partial charge in [0, 0.05) is 35.4 Å². The minimum Gasteiger partial charge on any atom is -0.444 e. The molecule has 2 aromatic heterocycles. The number of benzene rings is 4. The smallest absolute Gasteiger partial charge is 0.408 e. The van der Waals surface area contributed by atoms with Gasteiger partial charge >= 0.3 is 6.09 Å². The summed E-state index contributed by atoms with van der Waals surface area (Å²) in [7, 11) is 3.88. The van der Waals surface area contributed by atoms with Gasteiger partial charge in [0.05, 0.1) is 17.9 Å². The molecule has 2 aliphatic heterocycles. The third kappa shape index (κ3) is 9.13. The first-order chi connectivity index (χ1) is 29.8. The fourth-order valence-corrected chi connectivity index (χ4v) is 8.67. The number of alkyl carbamates (subject to hydrolysis) is 1. The monoisotopic (exact) mass is 834 g/mol. The second-order valence-electron chi connectivity index (χ2n) is 17.4. The Hall–Kier alpha value is -6.73. The van der Waals surface area contributed by atoms with Gasteiger partial charge in [0.25, 0.3) is 5.91 Å². The number of H-pyrrole nitrogens is 2. The van der Waals surface area contributed by atoms with Crippen molar-refractivity contribution in [1.82, 2.24) is 35.0 Å². The topological polar surface area (TPSA) is 156 Å². The number of likely N-dealkylation sites (N-methyl/N-ethyl adjacent to an activating group) is 1. The molecule has 320 valence electrons. The summed E-state index contributed by atoms with van der Waals surface area (Å²) in [6.45, 7) is 6.37. The average molecular weight is 835 g/mol. The second-order valence-corrected chi connectivity index (χ2v) is 17.4. The summed E-state index contributed by atoms with van der Waals surface area (Å²) in [5, 5.41) is 6.71. The maximum atomic E-state index is 14.1. The number of ether oxygens (including phenoxy) is 1. The van der Waals surface area contributed by atoms with Gasteiger partial charge in [0.1, 0.15) is 29.6 Å². The zero-order chi connectivity index (χ0) is 43.5. The van der Waals surface area contributed by atoms with E-state index in [1.165, 1.54) is 0 Å². The number of imidazole rings is 1. The molecular formula is C49H54N8O5. The summed E-state index contributed by atoms with van der Waals surface area (Å²) >= 11 is 0. The van der Waals surface area contributed by atoms with Crippen molar-refractivity contribution in [2.24, 2.45) is 0 Å². The molecule has 0 bridgehead atoms. The Bertz CT molecular complexity index is 2540. The van der Waals surface area contributed by atoms with Crippen LogP contribution in [0.1, 0.15) is 81.5 Å². The number of nitrogens with one attached hydrogen (secondary N) is 4. The molecule has 62 heavy (non-hydrogen) atoms. The fourth-order valence-electron chi connectivity index (χ4n) is 8.67. The highest BCUT2D eigenvalue weighted by atomic mass is 16.6. The van der Waals surface area contributed by atoms with Crippen molar-refractivity contribution in [2.45, 2.75) is 76.2 Å². The number of hydrogen-bond acceptors (Lipinski definition) is 7. The van der Waals surface area contributed by atoms with E-state index >= 15 is 0 Å². The summed E-state index contributed by atoms with van der Waals surface area (Å²) in [5.74, 6) is 0.214. The Morgan fingerprint density at radius 3 is 2.08 bits per heavy atom. The van der Waals surface area contributed by atoms with Crippen LogP contribution < -0.4 is 10.6 Å². The van der Waals surface area contributed by atoms with E-state index in [2.05, 4.69) is 50.9 Å². The van der Waals surface area contributed by atoms with E-state index in [1.54, 1.807) is 49.9 Å². The van der Waals surface area contributed by atoms with E-state index in [4.69, 9.17) is 9.72 Å². The van der Waals surface area contributed by atoms with Crippen molar-refractivity contribution in [1.29, 1.82) is 0 Å². The lowest BCUT2D eigenvalue weighted by molar-refractivity contribution is -0.138. The molecule has 4 amide bonds. The number of amides is 4. The molecule has 0 aliphatic carbocycles. The standard InChI is InChI=1S/C49H54N8O5/c1-49(2,3)62-48(61)54-42(33-14-8-6-9-15-33)46(59)57-27-13-19-41(57)45(58)51-36-24-25-37-35(28-36)29-38(52-37)31-20-22-32(23-21-31)39-30-50-44(53-39)40-18-12-26-56(40)47(60)43(55(4)5)34-16-10-7-11-17-34/h6-11,14-17,20-25,28-30,40-43,52H,12-13,18-19,26-27H2,1-5H3,(H,50,53)(H,51,58)(H,54,61)/t40-,41-,42+,43+/m0/s1. The number of carbonyl (C=O) groups is 4. The molecule has 4 N–H and O–H groups in total. The number of aromatic amines is 2. The van der Waals surface area contributed by atoms with E-state index in [9.17, 15) is 19.2 Å². The Morgan fingerprint density at radius 2 is 1.40 bits per heavy atom. The molecule has 2 aliphatic rings. The molecule has 4 atom stereocenters. The van der Waals surface area contributed by atoms with E-state index in [-0.39, 0.29) is 29.8 Å². The normalized spacial score (nSPS) is 17.6. The number of likely N-dealkylation sites (tertiary alicyclic amines) is 2. The van der Waals surface area contributed by atoms with Gasteiger partial charge in [0.15, 0.2) is 0 Å². The Kier molecular flexibility index (Phi) is 12.0. The van der Waals surface area contributed by atoms with Crippen LogP contribution in [0.15, 0.2) is 115 Å². The van der Waals surface area contributed by atoms with Gasteiger partial charge in [-0.1, -0.05) is 84.9 Å². The van der Waals surface area contributed by atoms with Crippen LogP contribution in [-0.4, -0.2) is 92.3 Å². The first-order valence-corrected chi connectivity index (χ1v) is 21.3. The van der Waals surface area contributed by atoms with E-state index in [0.29, 0.717) is 37.2 Å². The molecule has 0 saturated carbocycles. The molecule has 0 radical (unpaired) electrons. The van der Waals surface area contributed by atoms with Gasteiger partial charge in [0.2, 0.25) is 11.8 Å². The largest absolute Gasteiger partial charge is 0.444 e. The maximum absolute atomic E-state index is 14.1. The molecule has 4 aromatic carbocycles. The van der Waals surface area contributed by atoms with Crippen LogP contribution in [0, 0.1) is 0 Å². The summed E-state index contributed by atoms with van der Waals surface area (Å²) < 4.78 is 5.47. The SMILES string of the molecule is CN(C)[C@@H](C(=O)N1CCC[C@H]1c1ncc(-c2ccc(-c3cc4cc(NC(=O)[C@@H]5CCCN5C(=O)[C@H](NC(=O)OC(C)(C)C)c5ccccc5)ccc4[nH]3)cc2)[nH]1)c1ccccc1. The van der Waals surface area contributed by atoms with Crippen LogP contribution in [0.4, 0.5) is 10.5 Å². The number of carbonyl (C=O) groups excluding carboxylic acids is 4. The van der Waals surface area contributed by atoms with Gasteiger partial charge in [-0.25, -0.2) is 9.78 Å². The van der Waals surface area contributed by atoms with Crippen molar-refractivity contribution < 1.29 is 23.9 Å². The molecular weight excluding hydrogens is 781 g/mol.